The Hall–Kier alpha value is -2.69. The minimum absolute atomic E-state index is 0.0385. The predicted molar refractivity (Wildman–Crippen MR) is 115 cm³/mol. The van der Waals surface area contributed by atoms with Gasteiger partial charge >= 0.3 is 0 Å². The van der Waals surface area contributed by atoms with E-state index in [0.29, 0.717) is 31.6 Å². The van der Waals surface area contributed by atoms with Crippen molar-refractivity contribution in [1.29, 1.82) is 0 Å². The number of benzene rings is 2. The van der Waals surface area contributed by atoms with Crippen LogP contribution in [0, 0.1) is 17.2 Å². The summed E-state index contributed by atoms with van der Waals surface area (Å²) in [5.41, 5.74) is 1.12. The van der Waals surface area contributed by atoms with Gasteiger partial charge in [-0.05, 0) is 49.4 Å². The Bertz CT molecular complexity index is 918. The topological polar surface area (TPSA) is 40.6 Å². The number of β-lactam (4-membered cyclic amide) rings is 1. The normalized spacial score (nSPS) is 20.5. The lowest BCUT2D eigenvalue weighted by atomic mass is 9.62. The molecule has 0 radical (unpaired) electrons. The number of nitrogens with zero attached hydrogens (tertiary/aromatic N) is 2. The van der Waals surface area contributed by atoms with Crippen molar-refractivity contribution in [2.24, 2.45) is 11.3 Å². The molecule has 0 aliphatic carbocycles. The molecule has 0 saturated carbocycles. The lowest BCUT2D eigenvalue weighted by molar-refractivity contribution is -0.150. The van der Waals surface area contributed by atoms with Crippen LogP contribution in [-0.2, 0) is 9.59 Å². The zero-order chi connectivity index (χ0) is 21.3. The van der Waals surface area contributed by atoms with E-state index in [1.165, 1.54) is 12.1 Å². The molecule has 2 aromatic carbocycles. The average Bonchev–Trinajstić information content (AvgIpc) is 2.78. The minimum Gasteiger partial charge on any atom is -0.342 e. The molecule has 5 heteroatoms. The summed E-state index contributed by atoms with van der Waals surface area (Å²) in [5, 5.41) is 0. The standard InChI is InChI=1S/C25H29FN2O2/c1-3-18(4-2)23(29)27-15-13-25(14-16-27)22(19-9-6-5-7-10-19)28(24(25)30)21-12-8-11-20(26)17-21/h5-12,17-18,22H,3-4,13-16H2,1-2H3. The smallest absolute Gasteiger partial charge is 0.236 e. The third-order valence-electron chi connectivity index (χ3n) is 6.93. The van der Waals surface area contributed by atoms with Gasteiger partial charge in [-0.1, -0.05) is 50.2 Å². The van der Waals surface area contributed by atoms with Gasteiger partial charge in [-0.25, -0.2) is 4.39 Å². The molecule has 1 unspecified atom stereocenters. The Balaban J connectivity index is 1.62. The van der Waals surface area contributed by atoms with Crippen molar-refractivity contribution in [3.63, 3.8) is 0 Å². The van der Waals surface area contributed by atoms with Gasteiger partial charge in [0.2, 0.25) is 11.8 Å². The van der Waals surface area contributed by atoms with Crippen molar-refractivity contribution in [3.05, 3.63) is 66.0 Å². The SMILES string of the molecule is CCC(CC)C(=O)N1CCC2(CC1)C(=O)N(c1cccc(F)c1)C2c1ccccc1. The van der Waals surface area contributed by atoms with E-state index >= 15 is 0 Å². The van der Waals surface area contributed by atoms with Crippen LogP contribution in [-0.4, -0.2) is 29.8 Å². The monoisotopic (exact) mass is 408 g/mol. The first-order chi connectivity index (χ1) is 14.5. The first-order valence-electron chi connectivity index (χ1n) is 10.9. The highest BCUT2D eigenvalue weighted by Gasteiger charge is 2.62. The molecule has 2 aliphatic heterocycles. The third kappa shape index (κ3) is 3.30. The van der Waals surface area contributed by atoms with Crippen molar-refractivity contribution >= 4 is 17.5 Å². The van der Waals surface area contributed by atoms with Gasteiger partial charge in [0.05, 0.1) is 11.5 Å². The van der Waals surface area contributed by atoms with E-state index in [1.807, 2.05) is 35.2 Å². The zero-order valence-electron chi connectivity index (χ0n) is 17.7. The van der Waals surface area contributed by atoms with Gasteiger partial charge in [-0.15, -0.1) is 0 Å². The van der Waals surface area contributed by atoms with Gasteiger partial charge in [0.15, 0.2) is 0 Å². The molecule has 4 nitrogen and oxygen atoms in total. The van der Waals surface area contributed by atoms with Crippen LogP contribution in [0.25, 0.3) is 0 Å². The fraction of sp³-hybridized carbons (Fsp3) is 0.440. The molecule has 158 valence electrons. The second-order valence-electron chi connectivity index (χ2n) is 8.46. The summed E-state index contributed by atoms with van der Waals surface area (Å²) >= 11 is 0. The summed E-state index contributed by atoms with van der Waals surface area (Å²) in [4.78, 5) is 29.9. The number of piperidine rings is 1. The number of amides is 2. The highest BCUT2D eigenvalue weighted by atomic mass is 19.1. The molecule has 0 bridgehead atoms. The van der Waals surface area contributed by atoms with E-state index < -0.39 is 5.41 Å². The number of anilines is 1. The maximum absolute atomic E-state index is 13.9. The molecule has 2 fully saturated rings. The maximum atomic E-state index is 13.9. The van der Waals surface area contributed by atoms with E-state index in [2.05, 4.69) is 13.8 Å². The van der Waals surface area contributed by atoms with Gasteiger partial charge in [-0.3, -0.25) is 9.59 Å². The average molecular weight is 409 g/mol. The van der Waals surface area contributed by atoms with Crippen molar-refractivity contribution in [2.45, 2.75) is 45.6 Å². The van der Waals surface area contributed by atoms with Crippen LogP contribution >= 0.6 is 0 Å². The van der Waals surface area contributed by atoms with Crippen LogP contribution in [0.5, 0.6) is 0 Å². The summed E-state index contributed by atoms with van der Waals surface area (Å²) in [6.07, 6.45) is 2.97. The van der Waals surface area contributed by atoms with Crippen molar-refractivity contribution in [3.8, 4) is 0 Å². The maximum Gasteiger partial charge on any atom is 0.236 e. The molecule has 0 N–H and O–H groups in total. The van der Waals surface area contributed by atoms with Crippen LogP contribution in [0.3, 0.4) is 0 Å². The quantitative estimate of drug-likeness (QED) is 0.656. The molecule has 2 aromatic rings. The van der Waals surface area contributed by atoms with Gasteiger partial charge < -0.3 is 9.80 Å². The fourth-order valence-electron chi connectivity index (χ4n) is 5.16. The molecule has 2 aliphatic rings. The summed E-state index contributed by atoms with van der Waals surface area (Å²) in [5.74, 6) is -0.0417. The molecule has 1 atom stereocenters. The minimum atomic E-state index is -0.529. The van der Waals surface area contributed by atoms with Gasteiger partial charge in [0.25, 0.3) is 0 Å². The van der Waals surface area contributed by atoms with Crippen LogP contribution in [0.1, 0.15) is 51.1 Å². The fourth-order valence-corrected chi connectivity index (χ4v) is 5.16. The molecule has 4 rings (SSSR count). The van der Waals surface area contributed by atoms with E-state index in [4.69, 9.17) is 0 Å². The summed E-state index contributed by atoms with van der Waals surface area (Å²) in [6, 6.07) is 16.1. The van der Waals surface area contributed by atoms with Gasteiger partial charge in [-0.2, -0.15) is 0 Å². The van der Waals surface area contributed by atoms with Crippen LogP contribution in [0.2, 0.25) is 0 Å². The van der Waals surface area contributed by atoms with Gasteiger partial charge in [0.1, 0.15) is 5.82 Å². The van der Waals surface area contributed by atoms with Gasteiger partial charge in [0, 0.05) is 24.7 Å². The lowest BCUT2D eigenvalue weighted by Gasteiger charge is -2.59. The largest absolute Gasteiger partial charge is 0.342 e. The third-order valence-corrected chi connectivity index (χ3v) is 6.93. The number of hydrogen-bond acceptors (Lipinski definition) is 2. The molecular formula is C25H29FN2O2. The first-order valence-corrected chi connectivity index (χ1v) is 10.9. The molecule has 2 amide bonds. The second-order valence-corrected chi connectivity index (χ2v) is 8.46. The molecule has 1 spiro atoms. The van der Waals surface area contributed by atoms with Crippen molar-refractivity contribution < 1.29 is 14.0 Å². The molecule has 2 heterocycles. The summed E-state index contributed by atoms with van der Waals surface area (Å²) in [6.45, 7) is 5.30. The van der Waals surface area contributed by atoms with Crippen molar-refractivity contribution in [2.75, 3.05) is 18.0 Å². The molecule has 2 saturated heterocycles. The van der Waals surface area contributed by atoms with Crippen LogP contribution < -0.4 is 4.90 Å². The van der Waals surface area contributed by atoms with Crippen molar-refractivity contribution in [1.82, 2.24) is 4.90 Å². The van der Waals surface area contributed by atoms with Crippen LogP contribution in [0.15, 0.2) is 54.6 Å². The number of rotatable bonds is 5. The molecule has 0 aromatic heterocycles. The number of hydrogen-bond donors (Lipinski definition) is 0. The number of carbonyl (C=O) groups is 2. The molecular weight excluding hydrogens is 379 g/mol. The van der Waals surface area contributed by atoms with E-state index in [1.54, 1.807) is 17.0 Å². The van der Waals surface area contributed by atoms with E-state index in [9.17, 15) is 14.0 Å². The Labute approximate surface area is 177 Å². The molecule has 30 heavy (non-hydrogen) atoms. The van der Waals surface area contributed by atoms with E-state index in [0.717, 1.165) is 18.4 Å². The summed E-state index contributed by atoms with van der Waals surface area (Å²) < 4.78 is 13.9. The number of carbonyl (C=O) groups excluding carboxylic acids is 2. The predicted octanol–water partition coefficient (Wildman–Crippen LogP) is 4.96. The highest BCUT2D eigenvalue weighted by Crippen LogP contribution is 2.57. The Kier molecular flexibility index (Phi) is 5.63. The van der Waals surface area contributed by atoms with Crippen LogP contribution in [0.4, 0.5) is 10.1 Å². The lowest BCUT2D eigenvalue weighted by Crippen LogP contribution is -2.67. The number of halogens is 1. The Morgan fingerprint density at radius 1 is 1.07 bits per heavy atom. The Morgan fingerprint density at radius 2 is 1.73 bits per heavy atom. The number of likely N-dealkylation sites (tertiary alicyclic amines) is 1. The highest BCUT2D eigenvalue weighted by molar-refractivity contribution is 6.06. The Morgan fingerprint density at radius 3 is 2.33 bits per heavy atom. The zero-order valence-corrected chi connectivity index (χ0v) is 17.7. The second kappa shape index (κ2) is 8.21. The summed E-state index contributed by atoms with van der Waals surface area (Å²) in [7, 11) is 0. The first kappa shape index (κ1) is 20.6. The van der Waals surface area contributed by atoms with E-state index in [-0.39, 0.29) is 29.6 Å².